The number of sulfonamides is 1. The Hall–Kier alpha value is -0.900. The molecule has 10 heteroatoms. The lowest BCUT2D eigenvalue weighted by Crippen LogP contribution is -2.59. The molecule has 1 aromatic rings. The van der Waals surface area contributed by atoms with E-state index in [4.69, 9.17) is 27.9 Å². The minimum atomic E-state index is -3.78. The van der Waals surface area contributed by atoms with Crippen molar-refractivity contribution in [2.24, 2.45) is 5.92 Å². The molecular weight excluding hydrogens is 461 g/mol. The van der Waals surface area contributed by atoms with Crippen LogP contribution in [0, 0.1) is 5.92 Å². The second-order valence-electron chi connectivity index (χ2n) is 8.33. The third-order valence-corrected chi connectivity index (χ3v) is 9.37. The molecule has 3 rings (SSSR count). The van der Waals surface area contributed by atoms with Gasteiger partial charge in [-0.1, -0.05) is 49.5 Å². The largest absolute Gasteiger partial charge is 0.385 e. The Balaban J connectivity index is 1.81. The highest BCUT2D eigenvalue weighted by atomic mass is 35.5. The molecule has 1 amide bonds. The van der Waals surface area contributed by atoms with Crippen molar-refractivity contribution in [3.05, 3.63) is 28.2 Å². The topological polar surface area (TPSA) is 79.0 Å². The molecular formula is C21H31Cl2N3O4S. The van der Waals surface area contributed by atoms with Crippen LogP contribution in [0.3, 0.4) is 0 Å². The van der Waals surface area contributed by atoms with Crippen LogP contribution in [0.25, 0.3) is 0 Å². The molecule has 2 heterocycles. The van der Waals surface area contributed by atoms with Gasteiger partial charge in [0, 0.05) is 33.4 Å². The van der Waals surface area contributed by atoms with E-state index in [-0.39, 0.29) is 32.8 Å². The molecule has 1 N–H and O–H groups in total. The zero-order valence-corrected chi connectivity index (χ0v) is 20.6. The van der Waals surface area contributed by atoms with Crippen molar-refractivity contribution in [3.8, 4) is 0 Å². The molecule has 0 aromatic heterocycles. The summed E-state index contributed by atoms with van der Waals surface area (Å²) in [5.74, 6) is 0.295. The maximum absolute atomic E-state index is 13.2. The number of halogens is 2. The summed E-state index contributed by atoms with van der Waals surface area (Å²) in [5.41, 5.74) is -0.539. The number of carbonyl (C=O) groups is 1. The smallest absolute Gasteiger partial charge is 0.244 e. The summed E-state index contributed by atoms with van der Waals surface area (Å²) in [6, 6.07) is 4.37. The van der Waals surface area contributed by atoms with Crippen LogP contribution in [-0.4, -0.2) is 68.6 Å². The predicted octanol–water partition coefficient (Wildman–Crippen LogP) is 3.36. The molecule has 31 heavy (non-hydrogen) atoms. The highest BCUT2D eigenvalue weighted by Gasteiger charge is 2.53. The number of rotatable bonds is 8. The highest BCUT2D eigenvalue weighted by Crippen LogP contribution is 2.38. The molecule has 1 aromatic carbocycles. The van der Waals surface area contributed by atoms with E-state index >= 15 is 0 Å². The van der Waals surface area contributed by atoms with Crippen LogP contribution in [0.5, 0.6) is 0 Å². The van der Waals surface area contributed by atoms with Crippen LogP contribution in [-0.2, 0) is 19.6 Å². The van der Waals surface area contributed by atoms with E-state index in [2.05, 4.69) is 19.2 Å². The van der Waals surface area contributed by atoms with Crippen molar-refractivity contribution in [2.75, 3.05) is 33.4 Å². The first-order valence-electron chi connectivity index (χ1n) is 10.7. The fraction of sp³-hybridized carbons (Fsp3) is 0.667. The number of carbonyl (C=O) groups excluding carboxylic acids is 1. The number of piperidine rings is 1. The SMILES string of the molecule is CCC(C)C1NC2(CCN(S(=O)(=O)c3cccc(Cl)c3Cl)CC2)N(CCCOC)C1=O. The van der Waals surface area contributed by atoms with Crippen LogP contribution < -0.4 is 5.32 Å². The van der Waals surface area contributed by atoms with E-state index in [1.54, 1.807) is 19.2 Å². The molecule has 2 unspecified atom stereocenters. The number of methoxy groups -OCH3 is 1. The summed E-state index contributed by atoms with van der Waals surface area (Å²) >= 11 is 12.2. The number of hydrogen-bond donors (Lipinski definition) is 1. The quantitative estimate of drug-likeness (QED) is 0.564. The van der Waals surface area contributed by atoms with Crippen molar-refractivity contribution in [3.63, 3.8) is 0 Å². The number of nitrogens with zero attached hydrogens (tertiary/aromatic N) is 2. The Morgan fingerprint density at radius 2 is 1.97 bits per heavy atom. The van der Waals surface area contributed by atoms with Crippen molar-refractivity contribution in [2.45, 2.75) is 56.1 Å². The van der Waals surface area contributed by atoms with E-state index in [9.17, 15) is 13.2 Å². The van der Waals surface area contributed by atoms with E-state index in [0.29, 0.717) is 39.1 Å². The Morgan fingerprint density at radius 3 is 2.58 bits per heavy atom. The van der Waals surface area contributed by atoms with E-state index in [1.807, 2.05) is 4.90 Å². The van der Waals surface area contributed by atoms with Gasteiger partial charge in [0.1, 0.15) is 4.90 Å². The standard InChI is InChI=1S/C21H31Cl2N3O4S/c1-4-15(2)19-20(27)26(11-6-14-30-3)21(24-19)9-12-25(13-10-21)31(28,29)17-8-5-7-16(22)18(17)23/h5,7-8,15,19,24H,4,6,9-14H2,1-3H3. The van der Waals surface area contributed by atoms with Gasteiger partial charge < -0.3 is 9.64 Å². The van der Waals surface area contributed by atoms with Crippen LogP contribution >= 0.6 is 23.2 Å². The Kier molecular flexibility index (Phi) is 7.92. The lowest BCUT2D eigenvalue weighted by molar-refractivity contribution is -0.134. The van der Waals surface area contributed by atoms with Gasteiger partial charge in [-0.05, 0) is 37.3 Å². The molecule has 0 saturated carbocycles. The van der Waals surface area contributed by atoms with Crippen LogP contribution in [0.1, 0.15) is 39.5 Å². The molecule has 0 radical (unpaired) electrons. The van der Waals surface area contributed by atoms with Crippen LogP contribution in [0.4, 0.5) is 0 Å². The number of hydrogen-bond acceptors (Lipinski definition) is 5. The number of benzene rings is 1. The van der Waals surface area contributed by atoms with Crippen molar-refractivity contribution in [1.82, 2.24) is 14.5 Å². The first-order chi connectivity index (χ1) is 14.7. The zero-order valence-electron chi connectivity index (χ0n) is 18.2. The Labute approximate surface area is 195 Å². The maximum atomic E-state index is 13.2. The Bertz CT molecular complexity index is 904. The summed E-state index contributed by atoms with van der Waals surface area (Å²) in [6.45, 7) is 5.88. The third kappa shape index (κ3) is 4.75. The minimum Gasteiger partial charge on any atom is -0.385 e. The Morgan fingerprint density at radius 1 is 1.29 bits per heavy atom. The first kappa shape index (κ1) is 24.7. The third-order valence-electron chi connectivity index (χ3n) is 6.50. The normalized spacial score (nSPS) is 22.9. The van der Waals surface area contributed by atoms with Crippen LogP contribution in [0.2, 0.25) is 10.0 Å². The van der Waals surface area contributed by atoms with Gasteiger partial charge in [0.15, 0.2) is 0 Å². The number of nitrogens with one attached hydrogen (secondary N) is 1. The average molecular weight is 492 g/mol. The van der Waals surface area contributed by atoms with Gasteiger partial charge in [-0.3, -0.25) is 10.1 Å². The second kappa shape index (κ2) is 9.93. The average Bonchev–Trinajstić information content (AvgIpc) is 3.01. The van der Waals surface area contributed by atoms with Crippen molar-refractivity contribution >= 4 is 39.1 Å². The first-order valence-corrected chi connectivity index (χ1v) is 12.9. The van der Waals surface area contributed by atoms with Gasteiger partial charge in [-0.15, -0.1) is 0 Å². The lowest BCUT2D eigenvalue weighted by atomic mass is 9.96. The molecule has 0 aliphatic carbocycles. The predicted molar refractivity (Wildman–Crippen MR) is 122 cm³/mol. The van der Waals surface area contributed by atoms with E-state index in [0.717, 1.165) is 12.8 Å². The van der Waals surface area contributed by atoms with Gasteiger partial charge in [0.05, 0.1) is 21.7 Å². The molecule has 0 bridgehead atoms. The molecule has 1 spiro atoms. The monoisotopic (exact) mass is 491 g/mol. The molecule has 7 nitrogen and oxygen atoms in total. The highest BCUT2D eigenvalue weighted by molar-refractivity contribution is 7.89. The molecule has 2 fully saturated rings. The molecule has 2 atom stereocenters. The second-order valence-corrected chi connectivity index (χ2v) is 11.0. The van der Waals surface area contributed by atoms with Gasteiger partial charge in [-0.25, -0.2) is 8.42 Å². The molecule has 2 saturated heterocycles. The maximum Gasteiger partial charge on any atom is 0.244 e. The summed E-state index contributed by atoms with van der Waals surface area (Å²) in [6.07, 6.45) is 2.64. The minimum absolute atomic E-state index is 0.0162. The summed E-state index contributed by atoms with van der Waals surface area (Å²) < 4.78 is 33.0. The van der Waals surface area contributed by atoms with Crippen molar-refractivity contribution in [1.29, 1.82) is 0 Å². The summed E-state index contributed by atoms with van der Waals surface area (Å²) in [4.78, 5) is 15.1. The lowest BCUT2D eigenvalue weighted by Gasteiger charge is -2.44. The fourth-order valence-corrected chi connectivity index (χ4v) is 6.63. The van der Waals surface area contributed by atoms with E-state index < -0.39 is 15.7 Å². The van der Waals surface area contributed by atoms with Crippen LogP contribution in [0.15, 0.2) is 23.1 Å². The summed E-state index contributed by atoms with van der Waals surface area (Å²) in [5, 5.41) is 3.83. The number of amides is 1. The van der Waals surface area contributed by atoms with Gasteiger partial charge in [-0.2, -0.15) is 4.31 Å². The van der Waals surface area contributed by atoms with E-state index in [1.165, 1.54) is 10.4 Å². The van der Waals surface area contributed by atoms with Gasteiger partial charge in [0.2, 0.25) is 15.9 Å². The van der Waals surface area contributed by atoms with Crippen molar-refractivity contribution < 1.29 is 17.9 Å². The van der Waals surface area contributed by atoms with Gasteiger partial charge in [0.25, 0.3) is 0 Å². The summed E-state index contributed by atoms with van der Waals surface area (Å²) in [7, 11) is -2.14. The van der Waals surface area contributed by atoms with Gasteiger partial charge >= 0.3 is 0 Å². The molecule has 2 aliphatic rings. The zero-order chi connectivity index (χ0) is 22.8. The number of ether oxygens (including phenoxy) is 1. The molecule has 2 aliphatic heterocycles. The molecule has 174 valence electrons. The fourth-order valence-electron chi connectivity index (χ4n) is 4.45.